The molecule has 0 aliphatic heterocycles. The molecule has 5 nitrogen and oxygen atoms in total. The zero-order valence-corrected chi connectivity index (χ0v) is 20.6. The molecule has 0 heterocycles. The number of sulfonamides is 1. The van der Waals surface area contributed by atoms with E-state index in [-0.39, 0.29) is 18.0 Å². The van der Waals surface area contributed by atoms with Gasteiger partial charge >= 0.3 is 0 Å². The van der Waals surface area contributed by atoms with Crippen LogP contribution in [0.3, 0.4) is 0 Å². The number of carbonyl (C=O) groups is 1. The van der Waals surface area contributed by atoms with Crippen molar-refractivity contribution in [1.29, 1.82) is 0 Å². The summed E-state index contributed by atoms with van der Waals surface area (Å²) in [6, 6.07) is 13.2. The first-order chi connectivity index (χ1) is 15.6. The molecule has 0 saturated heterocycles. The van der Waals surface area contributed by atoms with E-state index in [9.17, 15) is 13.2 Å². The molecule has 4 bridgehead atoms. The minimum absolute atomic E-state index is 0.00185. The molecule has 0 radical (unpaired) electrons. The number of nitrogens with zero attached hydrogens (tertiary/aromatic N) is 1. The molecule has 1 amide bonds. The van der Waals surface area contributed by atoms with E-state index >= 15 is 0 Å². The molecule has 33 heavy (non-hydrogen) atoms. The summed E-state index contributed by atoms with van der Waals surface area (Å²) in [7, 11) is -3.46. The van der Waals surface area contributed by atoms with E-state index < -0.39 is 10.0 Å². The van der Waals surface area contributed by atoms with Gasteiger partial charge in [-0.05, 0) is 105 Å². The monoisotopic (exact) mass is 466 g/mol. The number of aryl methyl sites for hydroxylation is 2. The molecule has 4 saturated carbocycles. The van der Waals surface area contributed by atoms with Crippen molar-refractivity contribution in [3.05, 3.63) is 64.7 Å². The molecule has 176 valence electrons. The number of benzene rings is 2. The number of hydrogen-bond donors (Lipinski definition) is 1. The number of rotatable bonds is 6. The highest BCUT2D eigenvalue weighted by Crippen LogP contribution is 2.55. The number of amides is 1. The van der Waals surface area contributed by atoms with Crippen LogP contribution in [0.4, 0.5) is 5.69 Å². The molecule has 1 N–H and O–H groups in total. The minimum Gasteiger partial charge on any atom is -0.347 e. The summed E-state index contributed by atoms with van der Waals surface area (Å²) in [6.07, 6.45) is 8.66. The fourth-order valence-corrected chi connectivity index (χ4v) is 7.81. The average molecular weight is 467 g/mol. The first-order valence-electron chi connectivity index (χ1n) is 12.1. The molecule has 2 aromatic carbocycles. The maximum atomic E-state index is 13.1. The Bertz CT molecular complexity index is 1140. The van der Waals surface area contributed by atoms with Crippen LogP contribution in [0.25, 0.3) is 0 Å². The quantitative estimate of drug-likeness (QED) is 0.654. The van der Waals surface area contributed by atoms with Crippen molar-refractivity contribution in [2.75, 3.05) is 10.6 Å². The van der Waals surface area contributed by atoms with Gasteiger partial charge in [-0.2, -0.15) is 0 Å². The Kier molecular flexibility index (Phi) is 5.55. The second kappa shape index (κ2) is 8.15. The number of anilines is 1. The summed E-state index contributed by atoms with van der Waals surface area (Å²) in [6.45, 7) is 4.12. The molecule has 2 aromatic rings. The predicted molar refractivity (Wildman–Crippen MR) is 132 cm³/mol. The van der Waals surface area contributed by atoms with Crippen LogP contribution in [0.15, 0.2) is 42.5 Å². The Morgan fingerprint density at radius 1 is 0.970 bits per heavy atom. The molecule has 0 atom stereocenters. The van der Waals surface area contributed by atoms with Gasteiger partial charge in [0.25, 0.3) is 5.91 Å². The van der Waals surface area contributed by atoms with Crippen LogP contribution in [0.5, 0.6) is 0 Å². The van der Waals surface area contributed by atoms with E-state index in [1.54, 1.807) is 0 Å². The lowest BCUT2D eigenvalue weighted by molar-refractivity contribution is -0.0167. The Balaban J connectivity index is 1.32. The number of nitrogens with one attached hydrogen (secondary N) is 1. The van der Waals surface area contributed by atoms with E-state index in [1.807, 2.05) is 56.3 Å². The molecule has 0 spiro atoms. The zero-order chi connectivity index (χ0) is 23.4. The summed E-state index contributed by atoms with van der Waals surface area (Å²) in [5, 5.41) is 3.42. The van der Waals surface area contributed by atoms with Gasteiger partial charge in [0, 0.05) is 11.1 Å². The van der Waals surface area contributed by atoms with Crippen molar-refractivity contribution >= 4 is 21.6 Å². The normalized spacial score (nSPS) is 28.0. The molecular formula is C27H34N2O3S. The van der Waals surface area contributed by atoms with E-state index in [2.05, 4.69) is 5.32 Å². The van der Waals surface area contributed by atoms with E-state index in [1.165, 1.54) is 29.8 Å². The Morgan fingerprint density at radius 3 is 2.09 bits per heavy atom. The molecule has 4 aliphatic rings. The summed E-state index contributed by atoms with van der Waals surface area (Å²) in [5.74, 6) is 2.35. The third kappa shape index (κ3) is 4.54. The van der Waals surface area contributed by atoms with Crippen LogP contribution in [0.2, 0.25) is 0 Å². The minimum atomic E-state index is -3.46. The Hall–Kier alpha value is -2.34. The van der Waals surface area contributed by atoms with Crippen molar-refractivity contribution in [2.24, 2.45) is 17.8 Å². The average Bonchev–Trinajstić information content (AvgIpc) is 2.72. The van der Waals surface area contributed by atoms with Crippen molar-refractivity contribution in [1.82, 2.24) is 5.32 Å². The van der Waals surface area contributed by atoms with Crippen LogP contribution in [-0.4, -0.2) is 26.1 Å². The summed E-state index contributed by atoms with van der Waals surface area (Å²) in [4.78, 5) is 13.1. The second-order valence-corrected chi connectivity index (χ2v) is 12.8. The van der Waals surface area contributed by atoms with Crippen molar-refractivity contribution in [3.63, 3.8) is 0 Å². The highest BCUT2D eigenvalue weighted by Gasteiger charge is 2.51. The highest BCUT2D eigenvalue weighted by molar-refractivity contribution is 7.92. The Morgan fingerprint density at radius 2 is 1.55 bits per heavy atom. The smallest absolute Gasteiger partial charge is 0.251 e. The van der Waals surface area contributed by atoms with Crippen LogP contribution in [-0.2, 0) is 16.6 Å². The third-order valence-electron chi connectivity index (χ3n) is 7.99. The SMILES string of the molecule is Cc1ccc(C)c(N(Cc2ccc(C(=O)NC34CC5CC(CC(C5)C3)C4)cc2)S(C)(=O)=O)c1. The van der Waals surface area contributed by atoms with Gasteiger partial charge in [0.15, 0.2) is 0 Å². The van der Waals surface area contributed by atoms with Gasteiger partial charge in [0.1, 0.15) is 0 Å². The largest absolute Gasteiger partial charge is 0.347 e. The fraction of sp³-hybridized carbons (Fsp3) is 0.519. The molecular weight excluding hydrogens is 432 g/mol. The van der Waals surface area contributed by atoms with Crippen LogP contribution < -0.4 is 9.62 Å². The topological polar surface area (TPSA) is 66.5 Å². The standard InChI is InChI=1S/C27H34N2O3S/c1-18-4-5-19(2)25(10-18)29(33(3,31)32)17-20-6-8-24(9-7-20)26(30)28-27-14-21-11-22(15-27)13-23(12-21)16-27/h4-10,21-23H,11-17H2,1-3H3,(H,28,30). The summed E-state index contributed by atoms with van der Waals surface area (Å²) in [5.41, 5.74) is 4.11. The maximum absolute atomic E-state index is 13.1. The van der Waals surface area contributed by atoms with E-state index in [0.29, 0.717) is 11.3 Å². The summed E-state index contributed by atoms with van der Waals surface area (Å²) < 4.78 is 26.6. The lowest BCUT2D eigenvalue weighted by atomic mass is 9.53. The fourth-order valence-electron chi connectivity index (χ4n) is 6.87. The van der Waals surface area contributed by atoms with Crippen LogP contribution >= 0.6 is 0 Å². The lowest BCUT2D eigenvalue weighted by Gasteiger charge is -2.56. The van der Waals surface area contributed by atoms with Gasteiger partial charge in [-0.3, -0.25) is 9.10 Å². The van der Waals surface area contributed by atoms with Gasteiger partial charge in [0.05, 0.1) is 18.5 Å². The molecule has 0 unspecified atom stereocenters. The van der Waals surface area contributed by atoms with Crippen molar-refractivity contribution in [3.8, 4) is 0 Å². The van der Waals surface area contributed by atoms with Crippen LogP contribution in [0.1, 0.15) is 65.6 Å². The third-order valence-corrected chi connectivity index (χ3v) is 9.12. The van der Waals surface area contributed by atoms with Crippen molar-refractivity contribution < 1.29 is 13.2 Å². The Labute approximate surface area is 197 Å². The van der Waals surface area contributed by atoms with Gasteiger partial charge in [0.2, 0.25) is 10.0 Å². The first-order valence-corrected chi connectivity index (χ1v) is 13.9. The van der Waals surface area contributed by atoms with Gasteiger partial charge < -0.3 is 5.32 Å². The predicted octanol–water partition coefficient (Wildman–Crippen LogP) is 4.97. The first kappa shape index (κ1) is 22.5. The second-order valence-electron chi connectivity index (χ2n) is 10.9. The van der Waals surface area contributed by atoms with Gasteiger partial charge in [-0.15, -0.1) is 0 Å². The van der Waals surface area contributed by atoms with E-state index in [4.69, 9.17) is 0 Å². The molecule has 6 rings (SSSR count). The van der Waals surface area contributed by atoms with E-state index in [0.717, 1.165) is 53.7 Å². The number of hydrogen-bond acceptors (Lipinski definition) is 3. The zero-order valence-electron chi connectivity index (χ0n) is 19.8. The molecule has 4 aliphatic carbocycles. The highest BCUT2D eigenvalue weighted by atomic mass is 32.2. The maximum Gasteiger partial charge on any atom is 0.251 e. The van der Waals surface area contributed by atoms with Gasteiger partial charge in [-0.25, -0.2) is 8.42 Å². The molecule has 0 aromatic heterocycles. The van der Waals surface area contributed by atoms with Crippen molar-refractivity contribution in [2.45, 2.75) is 64.5 Å². The lowest BCUT2D eigenvalue weighted by Crippen LogP contribution is -2.59. The number of carbonyl (C=O) groups excluding carboxylic acids is 1. The molecule has 6 heteroatoms. The van der Waals surface area contributed by atoms with Gasteiger partial charge in [-0.1, -0.05) is 24.3 Å². The van der Waals surface area contributed by atoms with Crippen LogP contribution in [0, 0.1) is 31.6 Å². The summed E-state index contributed by atoms with van der Waals surface area (Å²) >= 11 is 0. The molecule has 4 fully saturated rings.